The summed E-state index contributed by atoms with van der Waals surface area (Å²) in [6.07, 6.45) is 6.18. The summed E-state index contributed by atoms with van der Waals surface area (Å²) in [7, 11) is 0. The Morgan fingerprint density at radius 1 is 1.25 bits per heavy atom. The lowest BCUT2D eigenvalue weighted by molar-refractivity contribution is -0.122. The van der Waals surface area contributed by atoms with E-state index in [1.165, 1.54) is 12.1 Å². The van der Waals surface area contributed by atoms with E-state index in [4.69, 9.17) is 0 Å². The number of carbonyl (C=O) groups is 3. The van der Waals surface area contributed by atoms with Crippen LogP contribution < -0.4 is 4.90 Å². The zero-order chi connectivity index (χ0) is 17.0. The molecule has 0 spiro atoms. The Kier molecular flexibility index (Phi) is 3.41. The van der Waals surface area contributed by atoms with Crippen molar-refractivity contribution >= 4 is 23.8 Å². The zero-order valence-electron chi connectivity index (χ0n) is 13.3. The standard InChI is InChI=1S/C19H18FNO3/c1-10-7-14(10)12-3-2-4-13-17(12)19(24)21(18(13)23)16-6-5-11(9-22)8-15(16)20/h2-3,5-6,8-10,12-14,17H,4,7H2,1H3/t10-,12?,13?,14+,17?/m1/s1. The van der Waals surface area contributed by atoms with Gasteiger partial charge in [0.25, 0.3) is 0 Å². The molecule has 1 aromatic rings. The molecular weight excluding hydrogens is 309 g/mol. The maximum atomic E-state index is 14.3. The molecule has 5 atom stereocenters. The van der Waals surface area contributed by atoms with E-state index < -0.39 is 11.7 Å². The van der Waals surface area contributed by atoms with Crippen molar-refractivity contribution in [2.45, 2.75) is 19.8 Å². The van der Waals surface area contributed by atoms with Crippen molar-refractivity contribution in [3.63, 3.8) is 0 Å². The number of carbonyl (C=O) groups excluding carboxylic acids is 3. The number of nitrogens with zero attached hydrogens (tertiary/aromatic N) is 1. The summed E-state index contributed by atoms with van der Waals surface area (Å²) in [5, 5.41) is 0. The average molecular weight is 327 g/mol. The number of hydrogen-bond acceptors (Lipinski definition) is 3. The largest absolute Gasteiger partial charge is 0.298 e. The summed E-state index contributed by atoms with van der Waals surface area (Å²) in [6, 6.07) is 3.82. The van der Waals surface area contributed by atoms with Crippen molar-refractivity contribution in [3.05, 3.63) is 41.7 Å². The minimum atomic E-state index is -0.718. The van der Waals surface area contributed by atoms with Crippen LogP contribution in [0.2, 0.25) is 0 Å². The van der Waals surface area contributed by atoms with Crippen molar-refractivity contribution in [3.8, 4) is 0 Å². The van der Waals surface area contributed by atoms with Crippen molar-refractivity contribution in [2.75, 3.05) is 4.90 Å². The molecule has 2 amide bonds. The first-order valence-corrected chi connectivity index (χ1v) is 8.32. The number of halogens is 1. The number of allylic oxidation sites excluding steroid dienone is 2. The van der Waals surface area contributed by atoms with Crippen molar-refractivity contribution in [2.24, 2.45) is 29.6 Å². The molecule has 1 saturated carbocycles. The molecule has 1 aliphatic heterocycles. The Hall–Kier alpha value is -2.30. The van der Waals surface area contributed by atoms with Gasteiger partial charge in [-0.25, -0.2) is 9.29 Å². The molecule has 2 aliphatic carbocycles. The molecule has 3 unspecified atom stereocenters. The van der Waals surface area contributed by atoms with Crippen LogP contribution in [0, 0.1) is 35.4 Å². The van der Waals surface area contributed by atoms with Gasteiger partial charge in [0, 0.05) is 5.56 Å². The van der Waals surface area contributed by atoms with Crippen LogP contribution in [0.4, 0.5) is 10.1 Å². The number of fused-ring (bicyclic) bond motifs is 1. The van der Waals surface area contributed by atoms with E-state index in [9.17, 15) is 18.8 Å². The van der Waals surface area contributed by atoms with Gasteiger partial charge in [-0.3, -0.25) is 14.4 Å². The lowest BCUT2D eigenvalue weighted by atomic mass is 9.75. The maximum absolute atomic E-state index is 14.3. The zero-order valence-corrected chi connectivity index (χ0v) is 13.3. The molecular formula is C19H18FNO3. The van der Waals surface area contributed by atoms with Crippen LogP contribution in [-0.4, -0.2) is 18.1 Å². The second-order valence-electron chi connectivity index (χ2n) is 7.09. The monoisotopic (exact) mass is 327 g/mol. The van der Waals surface area contributed by atoms with Crippen LogP contribution in [0.3, 0.4) is 0 Å². The predicted molar refractivity (Wildman–Crippen MR) is 85.8 cm³/mol. The highest BCUT2D eigenvalue weighted by molar-refractivity contribution is 6.22. The predicted octanol–water partition coefficient (Wildman–Crippen LogP) is 2.98. The molecule has 2 fully saturated rings. The second kappa shape index (κ2) is 5.36. The maximum Gasteiger partial charge on any atom is 0.238 e. The van der Waals surface area contributed by atoms with E-state index in [1.807, 2.05) is 6.08 Å². The Morgan fingerprint density at radius 2 is 2.00 bits per heavy atom. The smallest absolute Gasteiger partial charge is 0.238 e. The molecule has 4 nitrogen and oxygen atoms in total. The van der Waals surface area contributed by atoms with Crippen molar-refractivity contribution in [1.29, 1.82) is 0 Å². The van der Waals surface area contributed by atoms with Gasteiger partial charge in [0.15, 0.2) is 0 Å². The Labute approximate surface area is 139 Å². The van der Waals surface area contributed by atoms with Gasteiger partial charge in [0.05, 0.1) is 17.5 Å². The van der Waals surface area contributed by atoms with Crippen LogP contribution in [0.5, 0.6) is 0 Å². The van der Waals surface area contributed by atoms with Crippen LogP contribution >= 0.6 is 0 Å². The number of anilines is 1. The van der Waals surface area contributed by atoms with Crippen molar-refractivity contribution < 1.29 is 18.8 Å². The minimum absolute atomic E-state index is 0.0485. The number of rotatable bonds is 3. The number of aldehydes is 1. The Morgan fingerprint density at radius 3 is 2.62 bits per heavy atom. The minimum Gasteiger partial charge on any atom is -0.298 e. The molecule has 4 rings (SSSR count). The molecule has 0 bridgehead atoms. The highest BCUT2D eigenvalue weighted by Crippen LogP contribution is 2.53. The lowest BCUT2D eigenvalue weighted by Gasteiger charge is -2.26. The van der Waals surface area contributed by atoms with E-state index in [-0.39, 0.29) is 34.9 Å². The van der Waals surface area contributed by atoms with E-state index in [0.29, 0.717) is 24.5 Å². The first kappa shape index (κ1) is 15.2. The third kappa shape index (κ3) is 2.14. The molecule has 1 saturated heterocycles. The van der Waals surface area contributed by atoms with Gasteiger partial charge in [-0.05, 0) is 48.8 Å². The van der Waals surface area contributed by atoms with Crippen LogP contribution in [0.1, 0.15) is 30.1 Å². The second-order valence-corrected chi connectivity index (χ2v) is 7.09. The fourth-order valence-electron chi connectivity index (χ4n) is 4.24. The van der Waals surface area contributed by atoms with Gasteiger partial charge >= 0.3 is 0 Å². The van der Waals surface area contributed by atoms with E-state index >= 15 is 0 Å². The van der Waals surface area contributed by atoms with E-state index in [1.54, 1.807) is 0 Å². The van der Waals surface area contributed by atoms with Gasteiger partial charge in [-0.2, -0.15) is 0 Å². The first-order valence-electron chi connectivity index (χ1n) is 8.32. The lowest BCUT2D eigenvalue weighted by Crippen LogP contribution is -2.33. The Balaban J connectivity index is 1.70. The fourth-order valence-corrected chi connectivity index (χ4v) is 4.24. The molecule has 0 radical (unpaired) electrons. The van der Waals surface area contributed by atoms with Crippen LogP contribution in [-0.2, 0) is 9.59 Å². The van der Waals surface area contributed by atoms with Crippen molar-refractivity contribution in [1.82, 2.24) is 0 Å². The van der Waals surface area contributed by atoms with Gasteiger partial charge in [-0.1, -0.05) is 19.1 Å². The van der Waals surface area contributed by atoms with Gasteiger partial charge in [-0.15, -0.1) is 0 Å². The first-order chi connectivity index (χ1) is 11.5. The van der Waals surface area contributed by atoms with Crippen LogP contribution in [0.25, 0.3) is 0 Å². The van der Waals surface area contributed by atoms with E-state index in [0.717, 1.165) is 17.4 Å². The third-order valence-electron chi connectivity index (χ3n) is 5.65. The summed E-state index contributed by atoms with van der Waals surface area (Å²) in [4.78, 5) is 37.5. The van der Waals surface area contributed by atoms with Crippen LogP contribution in [0.15, 0.2) is 30.4 Å². The Bertz CT molecular complexity index is 772. The molecule has 5 heteroatoms. The van der Waals surface area contributed by atoms with Gasteiger partial charge in [0.2, 0.25) is 11.8 Å². The number of amides is 2. The summed E-state index contributed by atoms with van der Waals surface area (Å²) >= 11 is 0. The molecule has 124 valence electrons. The average Bonchev–Trinajstić information content (AvgIpc) is 3.25. The van der Waals surface area contributed by atoms with Gasteiger partial charge < -0.3 is 0 Å². The number of hydrogen-bond donors (Lipinski definition) is 0. The fraction of sp³-hybridized carbons (Fsp3) is 0.421. The molecule has 3 aliphatic rings. The third-order valence-corrected chi connectivity index (χ3v) is 5.65. The highest BCUT2D eigenvalue weighted by Gasteiger charge is 2.56. The summed E-state index contributed by atoms with van der Waals surface area (Å²) in [5.74, 6) is -1.07. The molecule has 24 heavy (non-hydrogen) atoms. The molecule has 0 aromatic heterocycles. The summed E-state index contributed by atoms with van der Waals surface area (Å²) in [5.41, 5.74) is 0.131. The molecule has 1 aromatic carbocycles. The van der Waals surface area contributed by atoms with Gasteiger partial charge in [0.1, 0.15) is 12.1 Å². The number of benzene rings is 1. The quantitative estimate of drug-likeness (QED) is 0.487. The highest BCUT2D eigenvalue weighted by atomic mass is 19.1. The topological polar surface area (TPSA) is 54.5 Å². The molecule has 1 heterocycles. The summed E-state index contributed by atoms with van der Waals surface area (Å²) in [6.45, 7) is 2.15. The number of imide groups is 1. The van der Waals surface area contributed by atoms with E-state index in [2.05, 4.69) is 13.0 Å². The normalized spacial score (nSPS) is 34.4. The summed E-state index contributed by atoms with van der Waals surface area (Å²) < 4.78 is 14.3. The molecule has 0 N–H and O–H groups in total. The SMILES string of the molecule is C[C@@H]1C[C@@H]1C1C=CCC2C(=O)N(c3ccc(C=O)cc3F)C(=O)C21.